The lowest BCUT2D eigenvalue weighted by Crippen LogP contribution is -2.39. The van der Waals surface area contributed by atoms with Crippen molar-refractivity contribution in [2.75, 3.05) is 6.54 Å². The zero-order valence-corrected chi connectivity index (χ0v) is 10.8. The molecule has 2 rings (SSSR count). The molecule has 6 heteroatoms. The molecule has 0 bridgehead atoms. The minimum Gasteiger partial charge on any atom is -0.338 e. The number of amides is 2. The summed E-state index contributed by atoms with van der Waals surface area (Å²) in [7, 11) is 0. The van der Waals surface area contributed by atoms with Crippen LogP contribution in [0.1, 0.15) is 18.5 Å². The van der Waals surface area contributed by atoms with Crippen LogP contribution >= 0.6 is 0 Å². The lowest BCUT2D eigenvalue weighted by molar-refractivity contribution is 0.235. The van der Waals surface area contributed by atoms with Gasteiger partial charge in [0.1, 0.15) is 0 Å². The van der Waals surface area contributed by atoms with Crippen molar-refractivity contribution in [1.82, 2.24) is 25.6 Å². The minimum atomic E-state index is -0.191. The topological polar surface area (TPSA) is 71.8 Å². The van der Waals surface area contributed by atoms with Crippen LogP contribution in [0.2, 0.25) is 0 Å². The Morgan fingerprint density at radius 2 is 1.95 bits per heavy atom. The first-order valence-corrected chi connectivity index (χ1v) is 6.23. The number of benzene rings is 1. The van der Waals surface area contributed by atoms with Gasteiger partial charge in [0.15, 0.2) is 0 Å². The normalized spacial score (nSPS) is 11.8. The lowest BCUT2D eigenvalue weighted by Gasteiger charge is -2.18. The Balaban J connectivity index is 2.11. The van der Waals surface area contributed by atoms with Crippen LogP contribution in [0.5, 0.6) is 0 Å². The van der Waals surface area contributed by atoms with E-state index < -0.39 is 0 Å². The van der Waals surface area contributed by atoms with Gasteiger partial charge in [0.25, 0.3) is 0 Å². The molecule has 0 fully saturated rings. The summed E-state index contributed by atoms with van der Waals surface area (Å²) in [6.07, 6.45) is 3.24. The minimum absolute atomic E-state index is 0.167. The molecule has 1 atom stereocenters. The summed E-state index contributed by atoms with van der Waals surface area (Å²) in [5, 5.41) is 13.8. The number of urea groups is 1. The van der Waals surface area contributed by atoms with Gasteiger partial charge in [0, 0.05) is 6.54 Å². The summed E-state index contributed by atoms with van der Waals surface area (Å²) in [5.74, 6) is 0. The van der Waals surface area contributed by atoms with E-state index >= 15 is 0 Å². The molecule has 0 saturated carbocycles. The van der Waals surface area contributed by atoms with E-state index in [4.69, 9.17) is 0 Å². The van der Waals surface area contributed by atoms with E-state index in [9.17, 15) is 4.79 Å². The Morgan fingerprint density at radius 1 is 1.26 bits per heavy atom. The molecule has 0 spiro atoms. The maximum atomic E-state index is 11.7. The molecule has 0 aliphatic heterocycles. The van der Waals surface area contributed by atoms with Gasteiger partial charge in [-0.05, 0) is 12.5 Å². The third-order valence-electron chi connectivity index (χ3n) is 2.66. The smallest absolute Gasteiger partial charge is 0.315 e. The van der Waals surface area contributed by atoms with Crippen LogP contribution in [0, 0.1) is 0 Å². The second-order valence-corrected chi connectivity index (χ2v) is 4.05. The van der Waals surface area contributed by atoms with Gasteiger partial charge in [-0.3, -0.25) is 0 Å². The average Bonchev–Trinajstić information content (AvgIpc) is 2.92. The summed E-state index contributed by atoms with van der Waals surface area (Å²) < 4.78 is 0. The highest BCUT2D eigenvalue weighted by molar-refractivity contribution is 5.74. The molecule has 0 aliphatic rings. The van der Waals surface area contributed by atoms with E-state index in [1.807, 2.05) is 37.3 Å². The first-order chi connectivity index (χ1) is 9.29. The highest BCUT2D eigenvalue weighted by atomic mass is 16.2. The monoisotopic (exact) mass is 259 g/mol. The van der Waals surface area contributed by atoms with Crippen LogP contribution < -0.4 is 10.6 Å². The molecule has 6 nitrogen and oxygen atoms in total. The molecule has 19 heavy (non-hydrogen) atoms. The zero-order chi connectivity index (χ0) is 13.5. The van der Waals surface area contributed by atoms with Crippen LogP contribution in [0.4, 0.5) is 4.79 Å². The van der Waals surface area contributed by atoms with Gasteiger partial charge in [-0.1, -0.05) is 30.3 Å². The fourth-order valence-corrected chi connectivity index (χ4v) is 1.79. The van der Waals surface area contributed by atoms with E-state index in [0.717, 1.165) is 5.56 Å². The SMILES string of the molecule is CCNC(=O)NC(Cn1nccn1)c1ccccc1. The number of carbonyl (C=O) groups is 1. The van der Waals surface area contributed by atoms with E-state index in [2.05, 4.69) is 20.8 Å². The van der Waals surface area contributed by atoms with E-state index in [-0.39, 0.29) is 12.1 Å². The number of nitrogens with one attached hydrogen (secondary N) is 2. The number of carbonyl (C=O) groups excluding carboxylic acids is 1. The summed E-state index contributed by atoms with van der Waals surface area (Å²) in [5.41, 5.74) is 1.02. The highest BCUT2D eigenvalue weighted by Crippen LogP contribution is 2.13. The van der Waals surface area contributed by atoms with Gasteiger partial charge < -0.3 is 10.6 Å². The molecule has 0 radical (unpaired) electrons. The Morgan fingerprint density at radius 3 is 2.58 bits per heavy atom. The fraction of sp³-hybridized carbons (Fsp3) is 0.308. The number of hydrogen-bond acceptors (Lipinski definition) is 3. The van der Waals surface area contributed by atoms with Gasteiger partial charge in [0.2, 0.25) is 0 Å². The van der Waals surface area contributed by atoms with Crippen molar-refractivity contribution in [2.45, 2.75) is 19.5 Å². The Kier molecular flexibility index (Phi) is 4.49. The van der Waals surface area contributed by atoms with Gasteiger partial charge >= 0.3 is 6.03 Å². The van der Waals surface area contributed by atoms with Crippen LogP contribution in [0.25, 0.3) is 0 Å². The second-order valence-electron chi connectivity index (χ2n) is 4.05. The molecule has 2 amide bonds. The van der Waals surface area contributed by atoms with Gasteiger partial charge in [-0.25, -0.2) is 4.79 Å². The van der Waals surface area contributed by atoms with Crippen molar-refractivity contribution in [3.8, 4) is 0 Å². The zero-order valence-electron chi connectivity index (χ0n) is 10.8. The van der Waals surface area contributed by atoms with Gasteiger partial charge in [0.05, 0.1) is 25.0 Å². The maximum absolute atomic E-state index is 11.7. The Labute approximate surface area is 111 Å². The number of hydrogen-bond donors (Lipinski definition) is 2. The van der Waals surface area contributed by atoms with E-state index in [1.165, 1.54) is 0 Å². The third kappa shape index (κ3) is 3.80. The van der Waals surface area contributed by atoms with Crippen LogP contribution in [0.3, 0.4) is 0 Å². The van der Waals surface area contributed by atoms with Crippen LogP contribution in [-0.2, 0) is 6.54 Å². The molecular formula is C13H17N5O. The van der Waals surface area contributed by atoms with Crippen LogP contribution in [0.15, 0.2) is 42.7 Å². The molecule has 0 saturated heterocycles. The highest BCUT2D eigenvalue weighted by Gasteiger charge is 2.15. The predicted octanol–water partition coefficient (Wildman–Crippen LogP) is 1.34. The molecule has 1 unspecified atom stereocenters. The Hall–Kier alpha value is -2.37. The molecule has 2 aromatic rings. The summed E-state index contributed by atoms with van der Waals surface area (Å²) in [6.45, 7) is 2.97. The first kappa shape index (κ1) is 13.1. The molecule has 1 heterocycles. The van der Waals surface area contributed by atoms with Crippen molar-refractivity contribution >= 4 is 6.03 Å². The van der Waals surface area contributed by atoms with Crippen molar-refractivity contribution in [1.29, 1.82) is 0 Å². The third-order valence-corrected chi connectivity index (χ3v) is 2.66. The molecule has 100 valence electrons. The molecular weight excluding hydrogens is 242 g/mol. The van der Waals surface area contributed by atoms with E-state index in [1.54, 1.807) is 17.2 Å². The van der Waals surface area contributed by atoms with Crippen molar-refractivity contribution in [3.63, 3.8) is 0 Å². The number of rotatable bonds is 5. The molecule has 1 aromatic carbocycles. The van der Waals surface area contributed by atoms with Crippen molar-refractivity contribution < 1.29 is 4.79 Å². The molecule has 2 N–H and O–H groups in total. The number of nitrogens with zero attached hydrogens (tertiary/aromatic N) is 3. The maximum Gasteiger partial charge on any atom is 0.315 e. The standard InChI is InChI=1S/C13H17N5O/c1-2-14-13(19)17-12(10-18-15-8-9-16-18)11-6-4-3-5-7-11/h3-9,12H,2,10H2,1H3,(H2,14,17,19). The summed E-state index contributed by atoms with van der Waals surface area (Å²) >= 11 is 0. The van der Waals surface area contributed by atoms with Crippen molar-refractivity contribution in [3.05, 3.63) is 48.3 Å². The number of aromatic nitrogens is 3. The van der Waals surface area contributed by atoms with Crippen molar-refractivity contribution in [2.24, 2.45) is 0 Å². The second kappa shape index (κ2) is 6.53. The fourth-order valence-electron chi connectivity index (χ4n) is 1.79. The van der Waals surface area contributed by atoms with E-state index in [0.29, 0.717) is 13.1 Å². The lowest BCUT2D eigenvalue weighted by atomic mass is 10.1. The summed E-state index contributed by atoms with van der Waals surface area (Å²) in [6, 6.07) is 9.42. The molecule has 0 aliphatic carbocycles. The van der Waals surface area contributed by atoms with Crippen LogP contribution in [-0.4, -0.2) is 27.6 Å². The van der Waals surface area contributed by atoms with Gasteiger partial charge in [-0.2, -0.15) is 15.0 Å². The van der Waals surface area contributed by atoms with Gasteiger partial charge in [-0.15, -0.1) is 0 Å². The molecule has 1 aromatic heterocycles. The predicted molar refractivity (Wildman–Crippen MR) is 71.4 cm³/mol. The average molecular weight is 259 g/mol. The summed E-state index contributed by atoms with van der Waals surface area (Å²) in [4.78, 5) is 13.2. The Bertz CT molecular complexity index is 497. The quantitative estimate of drug-likeness (QED) is 0.851. The largest absolute Gasteiger partial charge is 0.338 e. The first-order valence-electron chi connectivity index (χ1n) is 6.23.